The fourth-order valence-electron chi connectivity index (χ4n) is 2.68. The number of hydrogen-bond donors (Lipinski definition) is 6. The highest BCUT2D eigenvalue weighted by atomic mass is 16.6. The first-order chi connectivity index (χ1) is 11.0. The first-order valence-corrected chi connectivity index (χ1v) is 6.76. The number of anilines is 1. The number of nitrogens with two attached hydrogens (primary N) is 3. The quantitative estimate of drug-likeness (QED) is 0.150. The molecule has 2 aromatic rings. The number of aliphatic hydroxyl groups excluding tert-OH is 3. The maximum atomic E-state index is 10.2. The van der Waals surface area contributed by atoms with Gasteiger partial charge in [0, 0.05) is 11.8 Å². The topological polar surface area (TPSA) is 191 Å². The predicted octanol–water partition coefficient (Wildman–Crippen LogP) is -2.80. The largest absolute Gasteiger partial charge is 0.394 e. The van der Waals surface area contributed by atoms with E-state index in [0.29, 0.717) is 16.6 Å². The maximum absolute atomic E-state index is 10.2. The van der Waals surface area contributed by atoms with Crippen LogP contribution < -0.4 is 17.3 Å². The van der Waals surface area contributed by atoms with Gasteiger partial charge in [0.15, 0.2) is 12.1 Å². The van der Waals surface area contributed by atoms with Crippen LogP contribution in [-0.4, -0.2) is 60.6 Å². The Balaban J connectivity index is 2.18. The van der Waals surface area contributed by atoms with E-state index in [4.69, 9.17) is 22.0 Å². The van der Waals surface area contributed by atoms with Gasteiger partial charge in [-0.15, -0.1) is 0 Å². The lowest BCUT2D eigenvalue weighted by Gasteiger charge is -2.17. The van der Waals surface area contributed by atoms with Crippen molar-refractivity contribution in [3.63, 3.8) is 0 Å². The average molecular weight is 323 g/mol. The molecule has 124 valence electrons. The predicted molar refractivity (Wildman–Crippen MR) is 79.9 cm³/mol. The Morgan fingerprint density at radius 3 is 2.70 bits per heavy atom. The number of ether oxygens (including phenoxy) is 1. The molecule has 0 radical (unpaired) electrons. The summed E-state index contributed by atoms with van der Waals surface area (Å²) in [4.78, 5) is 8.02. The zero-order valence-corrected chi connectivity index (χ0v) is 11.9. The molecular formula is C12H17N7O4. The number of fused-ring (bicyclic) bond motifs is 1. The highest BCUT2D eigenvalue weighted by Crippen LogP contribution is 2.34. The first kappa shape index (κ1) is 15.4. The Morgan fingerprint density at radius 2 is 2.09 bits per heavy atom. The lowest BCUT2D eigenvalue weighted by molar-refractivity contribution is -0.0508. The molecular weight excluding hydrogens is 306 g/mol. The zero-order valence-electron chi connectivity index (χ0n) is 11.9. The summed E-state index contributed by atoms with van der Waals surface area (Å²) in [6.45, 7) is -0.440. The third-order valence-electron chi connectivity index (χ3n) is 3.85. The number of hydrazone groups is 1. The van der Waals surface area contributed by atoms with Gasteiger partial charge in [-0.05, 0) is 0 Å². The Bertz CT molecular complexity index is 761. The fraction of sp³-hybridized carbons (Fsp3) is 0.417. The standard InChI is InChI=1S/C12H17N7O4/c13-9(18-15)4-1-19(11-6(4)10(14)16-3-17-11)12-8(22)7(21)5(2-20)23-12/h1,3,5,7-8,12,20-22H,2,15H2,(H2,13,18)(H2,14,16,17)/t5-,7?,8+,12-/m1/s1. The minimum Gasteiger partial charge on any atom is -0.394 e. The van der Waals surface area contributed by atoms with Gasteiger partial charge < -0.3 is 41.9 Å². The number of amidine groups is 1. The van der Waals surface area contributed by atoms with E-state index >= 15 is 0 Å². The summed E-state index contributed by atoms with van der Waals surface area (Å²) in [5.41, 5.74) is 12.3. The molecule has 0 aromatic carbocycles. The summed E-state index contributed by atoms with van der Waals surface area (Å²) in [6.07, 6.45) is -1.68. The van der Waals surface area contributed by atoms with Gasteiger partial charge in [0.1, 0.15) is 36.1 Å². The van der Waals surface area contributed by atoms with Crippen molar-refractivity contribution in [1.29, 1.82) is 0 Å². The van der Waals surface area contributed by atoms with E-state index < -0.39 is 31.1 Å². The van der Waals surface area contributed by atoms with Crippen LogP contribution in [-0.2, 0) is 4.74 Å². The average Bonchev–Trinajstić information content (AvgIpc) is 3.07. The van der Waals surface area contributed by atoms with Crippen LogP contribution in [0.15, 0.2) is 17.6 Å². The van der Waals surface area contributed by atoms with Crippen molar-refractivity contribution < 1.29 is 20.1 Å². The minimum absolute atomic E-state index is 0.00185. The van der Waals surface area contributed by atoms with E-state index in [-0.39, 0.29) is 11.7 Å². The van der Waals surface area contributed by atoms with Gasteiger partial charge in [-0.3, -0.25) is 0 Å². The second-order valence-electron chi connectivity index (χ2n) is 5.15. The van der Waals surface area contributed by atoms with Crippen LogP contribution in [0.25, 0.3) is 11.0 Å². The molecule has 4 atom stereocenters. The van der Waals surface area contributed by atoms with Crippen molar-refractivity contribution in [1.82, 2.24) is 14.5 Å². The van der Waals surface area contributed by atoms with Gasteiger partial charge in [0.25, 0.3) is 0 Å². The second kappa shape index (κ2) is 5.62. The zero-order chi connectivity index (χ0) is 16.7. The summed E-state index contributed by atoms with van der Waals surface area (Å²) in [6, 6.07) is 0. The van der Waals surface area contributed by atoms with Crippen LogP contribution in [0.1, 0.15) is 11.8 Å². The van der Waals surface area contributed by atoms with Gasteiger partial charge in [-0.1, -0.05) is 0 Å². The molecule has 11 nitrogen and oxygen atoms in total. The highest BCUT2D eigenvalue weighted by Gasteiger charge is 2.44. The van der Waals surface area contributed by atoms with Crippen molar-refractivity contribution in [2.45, 2.75) is 24.5 Å². The summed E-state index contributed by atoms with van der Waals surface area (Å²) in [5, 5.41) is 33.1. The fourth-order valence-corrected chi connectivity index (χ4v) is 2.68. The van der Waals surface area contributed by atoms with Crippen molar-refractivity contribution in [2.24, 2.45) is 16.7 Å². The third-order valence-corrected chi connectivity index (χ3v) is 3.85. The molecule has 1 fully saturated rings. The van der Waals surface area contributed by atoms with Crippen LogP contribution in [0.5, 0.6) is 0 Å². The molecule has 0 spiro atoms. The van der Waals surface area contributed by atoms with E-state index in [1.807, 2.05) is 0 Å². The summed E-state index contributed by atoms with van der Waals surface area (Å²) in [7, 11) is 0. The molecule has 0 bridgehead atoms. The minimum atomic E-state index is -1.28. The van der Waals surface area contributed by atoms with E-state index in [2.05, 4.69) is 15.1 Å². The van der Waals surface area contributed by atoms with Crippen LogP contribution in [0.4, 0.5) is 5.82 Å². The summed E-state index contributed by atoms with van der Waals surface area (Å²) >= 11 is 0. The molecule has 1 aliphatic heterocycles. The van der Waals surface area contributed by atoms with E-state index in [9.17, 15) is 15.3 Å². The molecule has 1 unspecified atom stereocenters. The molecule has 9 N–H and O–H groups in total. The molecule has 2 aromatic heterocycles. The smallest absolute Gasteiger partial charge is 0.164 e. The Labute approximate surface area is 130 Å². The molecule has 0 amide bonds. The van der Waals surface area contributed by atoms with Crippen molar-refractivity contribution in [3.8, 4) is 0 Å². The molecule has 23 heavy (non-hydrogen) atoms. The summed E-state index contributed by atoms with van der Waals surface area (Å²) in [5.74, 6) is 5.38. The lowest BCUT2D eigenvalue weighted by Crippen LogP contribution is -2.33. The highest BCUT2D eigenvalue weighted by molar-refractivity contribution is 6.11. The first-order valence-electron chi connectivity index (χ1n) is 6.76. The number of rotatable bonds is 3. The number of hydrogen-bond acceptors (Lipinski definition) is 9. The molecule has 0 saturated carbocycles. The van der Waals surface area contributed by atoms with Crippen molar-refractivity contribution in [3.05, 3.63) is 18.1 Å². The van der Waals surface area contributed by atoms with Gasteiger partial charge >= 0.3 is 0 Å². The van der Waals surface area contributed by atoms with Crippen molar-refractivity contribution in [2.75, 3.05) is 12.3 Å². The normalized spacial score (nSPS) is 28.6. The molecule has 1 saturated heterocycles. The molecule has 0 aliphatic carbocycles. The Morgan fingerprint density at radius 1 is 1.35 bits per heavy atom. The molecule has 1 aliphatic rings. The van der Waals surface area contributed by atoms with Gasteiger partial charge in [0.05, 0.1) is 12.0 Å². The monoisotopic (exact) mass is 323 g/mol. The maximum Gasteiger partial charge on any atom is 0.164 e. The van der Waals surface area contributed by atoms with E-state index in [1.54, 1.807) is 0 Å². The number of aromatic nitrogens is 3. The number of nitrogen functional groups attached to an aromatic ring is 1. The molecule has 3 rings (SSSR count). The van der Waals surface area contributed by atoms with Crippen LogP contribution in [0.3, 0.4) is 0 Å². The van der Waals surface area contributed by atoms with Gasteiger partial charge in [-0.25, -0.2) is 9.97 Å². The Hall–Kier alpha value is -2.47. The van der Waals surface area contributed by atoms with Gasteiger partial charge in [-0.2, -0.15) is 5.10 Å². The van der Waals surface area contributed by atoms with Crippen LogP contribution in [0.2, 0.25) is 0 Å². The number of nitrogens with zero attached hydrogens (tertiary/aromatic N) is 4. The van der Waals surface area contributed by atoms with Gasteiger partial charge in [0.2, 0.25) is 0 Å². The SMILES string of the molecule is N/N=C(\N)c1cn([C@@H]2O[C@H](CO)C(O)[C@@H]2O)c2ncnc(N)c12. The lowest BCUT2D eigenvalue weighted by atomic mass is 10.1. The third kappa shape index (κ3) is 2.26. The summed E-state index contributed by atoms with van der Waals surface area (Å²) < 4.78 is 6.94. The van der Waals surface area contributed by atoms with Crippen LogP contribution >= 0.6 is 0 Å². The molecule has 11 heteroatoms. The van der Waals surface area contributed by atoms with E-state index in [0.717, 1.165) is 0 Å². The van der Waals surface area contributed by atoms with E-state index in [1.165, 1.54) is 17.1 Å². The second-order valence-corrected chi connectivity index (χ2v) is 5.15. The number of aliphatic hydroxyl groups is 3. The Kier molecular flexibility index (Phi) is 3.77. The van der Waals surface area contributed by atoms with Crippen LogP contribution in [0, 0.1) is 0 Å². The van der Waals surface area contributed by atoms with Crippen molar-refractivity contribution >= 4 is 22.7 Å². The molecule has 3 heterocycles.